The highest BCUT2D eigenvalue weighted by molar-refractivity contribution is 9.08. The van der Waals surface area contributed by atoms with Gasteiger partial charge in [-0.05, 0) is 48.1 Å². The largest absolute Gasteiger partial charge is 0.364 e. The Bertz CT molecular complexity index is 596. The molecule has 0 N–H and O–H groups in total. The molecule has 2 aromatic rings. The van der Waals surface area contributed by atoms with Gasteiger partial charge in [-0.2, -0.15) is 0 Å². The summed E-state index contributed by atoms with van der Waals surface area (Å²) in [5.74, 6) is 0. The van der Waals surface area contributed by atoms with Gasteiger partial charge in [0.15, 0.2) is 0 Å². The van der Waals surface area contributed by atoms with Crippen molar-refractivity contribution in [2.75, 3.05) is 11.4 Å². The van der Waals surface area contributed by atoms with E-state index < -0.39 is 0 Å². The molecule has 0 bridgehead atoms. The maximum atomic E-state index is 6.32. The van der Waals surface area contributed by atoms with Gasteiger partial charge in [-0.1, -0.05) is 33.6 Å². The molecule has 0 radical (unpaired) electrons. The number of nitrogens with zero attached hydrogens (tertiary/aromatic N) is 1. The molecule has 1 unspecified atom stereocenters. The second-order valence-corrected chi connectivity index (χ2v) is 6.80. The minimum absolute atomic E-state index is 0.431. The molecule has 0 amide bonds. The molecule has 0 spiro atoms. The number of halogens is 2. The van der Waals surface area contributed by atoms with Crippen LogP contribution in [0.25, 0.3) is 0 Å². The van der Waals surface area contributed by atoms with Crippen molar-refractivity contribution in [1.29, 1.82) is 0 Å². The van der Waals surface area contributed by atoms with Crippen LogP contribution >= 0.6 is 38.9 Å². The summed E-state index contributed by atoms with van der Waals surface area (Å²) in [5.41, 5.74) is 3.84. The molecule has 0 saturated heterocycles. The molecule has 0 saturated carbocycles. The van der Waals surface area contributed by atoms with Crippen LogP contribution in [0.4, 0.5) is 5.69 Å². The maximum Gasteiger partial charge on any atom is 0.0525 e. The third-order valence-corrected chi connectivity index (χ3v) is 5.74. The first-order chi connectivity index (χ1) is 9.20. The summed E-state index contributed by atoms with van der Waals surface area (Å²) in [6.07, 6.45) is 1.13. The average Bonchev–Trinajstić information content (AvgIpc) is 2.88. The van der Waals surface area contributed by atoms with Crippen LogP contribution < -0.4 is 4.90 Å². The van der Waals surface area contributed by atoms with Crippen LogP contribution in [0.3, 0.4) is 0 Å². The molecule has 1 aromatic carbocycles. The quantitative estimate of drug-likeness (QED) is 0.649. The Hall–Kier alpha value is -0.510. The Morgan fingerprint density at radius 3 is 3.00 bits per heavy atom. The molecule has 1 nitrogen and oxygen atoms in total. The van der Waals surface area contributed by atoms with E-state index in [-0.39, 0.29) is 0 Å². The summed E-state index contributed by atoms with van der Waals surface area (Å²) in [7, 11) is 0. The monoisotopic (exact) mass is 355 g/mol. The zero-order valence-corrected chi connectivity index (χ0v) is 13.9. The third-order valence-electron chi connectivity index (χ3n) is 3.79. The molecular weight excluding hydrogens is 342 g/mol. The van der Waals surface area contributed by atoms with E-state index >= 15 is 0 Å². The minimum Gasteiger partial charge on any atom is -0.364 e. The molecule has 3 rings (SSSR count). The van der Waals surface area contributed by atoms with E-state index in [1.54, 1.807) is 0 Å². The molecule has 1 aliphatic heterocycles. The van der Waals surface area contributed by atoms with Gasteiger partial charge in [0, 0.05) is 27.5 Å². The second-order valence-electron chi connectivity index (χ2n) is 4.83. The lowest BCUT2D eigenvalue weighted by Gasteiger charge is -2.35. The van der Waals surface area contributed by atoms with E-state index in [9.17, 15) is 0 Å². The summed E-state index contributed by atoms with van der Waals surface area (Å²) >= 11 is 11.7. The number of hydrogen-bond donors (Lipinski definition) is 0. The molecule has 0 fully saturated rings. The van der Waals surface area contributed by atoms with Gasteiger partial charge in [-0.15, -0.1) is 11.3 Å². The predicted molar refractivity (Wildman–Crippen MR) is 87.9 cm³/mol. The van der Waals surface area contributed by atoms with Crippen molar-refractivity contribution in [2.45, 2.75) is 24.7 Å². The highest BCUT2D eigenvalue weighted by atomic mass is 79.9. The van der Waals surface area contributed by atoms with Gasteiger partial charge >= 0.3 is 0 Å². The number of hydrogen-bond acceptors (Lipinski definition) is 2. The first-order valence-corrected chi connectivity index (χ1v) is 8.76. The summed E-state index contributed by atoms with van der Waals surface area (Å²) in [6, 6.07) is 9.07. The number of alkyl halides is 1. The zero-order chi connectivity index (χ0) is 13.4. The lowest BCUT2D eigenvalue weighted by Crippen LogP contribution is -2.33. The van der Waals surface area contributed by atoms with E-state index in [1.165, 1.54) is 16.1 Å². The van der Waals surface area contributed by atoms with Crippen molar-refractivity contribution in [3.63, 3.8) is 0 Å². The maximum absolute atomic E-state index is 6.32. The second kappa shape index (κ2) is 5.47. The first kappa shape index (κ1) is 13.5. The fraction of sp³-hybridized carbons (Fsp3) is 0.333. The fourth-order valence-electron chi connectivity index (χ4n) is 2.69. The van der Waals surface area contributed by atoms with E-state index in [2.05, 4.69) is 57.4 Å². The normalized spacial score (nSPS) is 18.5. The Morgan fingerprint density at radius 2 is 2.26 bits per heavy atom. The average molecular weight is 357 g/mol. The van der Waals surface area contributed by atoms with Crippen molar-refractivity contribution in [2.24, 2.45) is 0 Å². The molecule has 0 aliphatic carbocycles. The molecule has 19 heavy (non-hydrogen) atoms. The summed E-state index contributed by atoms with van der Waals surface area (Å²) in [4.78, 5) is 3.98. The lowest BCUT2D eigenvalue weighted by molar-refractivity contribution is 0.633. The molecule has 1 atom stereocenters. The van der Waals surface area contributed by atoms with Gasteiger partial charge < -0.3 is 4.90 Å². The minimum atomic E-state index is 0.431. The van der Waals surface area contributed by atoms with Gasteiger partial charge in [-0.3, -0.25) is 0 Å². The van der Waals surface area contributed by atoms with Crippen LogP contribution in [0.2, 0.25) is 5.02 Å². The molecule has 100 valence electrons. The van der Waals surface area contributed by atoms with Crippen molar-refractivity contribution in [1.82, 2.24) is 0 Å². The van der Waals surface area contributed by atoms with Crippen molar-refractivity contribution in [3.05, 3.63) is 50.7 Å². The molecular formula is C15H15BrClNS. The number of rotatable bonds is 2. The SMILES string of the molecule is CC1c2ccsc2CCN1c1ccc(CBr)c(Cl)c1. The van der Waals surface area contributed by atoms with Gasteiger partial charge in [-0.25, -0.2) is 0 Å². The first-order valence-electron chi connectivity index (χ1n) is 6.38. The summed E-state index contributed by atoms with van der Waals surface area (Å²) in [5, 5.41) is 3.85. The van der Waals surface area contributed by atoms with Crippen LogP contribution in [0.15, 0.2) is 29.6 Å². The Labute approximate surface area is 131 Å². The highest BCUT2D eigenvalue weighted by Gasteiger charge is 2.25. The van der Waals surface area contributed by atoms with Gasteiger partial charge in [0.2, 0.25) is 0 Å². The van der Waals surface area contributed by atoms with E-state index in [0.717, 1.165) is 28.9 Å². The molecule has 4 heteroatoms. The number of anilines is 1. The van der Waals surface area contributed by atoms with Crippen molar-refractivity contribution in [3.8, 4) is 0 Å². The van der Waals surface area contributed by atoms with Gasteiger partial charge in [0.05, 0.1) is 6.04 Å². The van der Waals surface area contributed by atoms with Crippen LogP contribution in [0.1, 0.15) is 29.0 Å². The van der Waals surface area contributed by atoms with Crippen molar-refractivity contribution >= 4 is 44.6 Å². The third kappa shape index (κ3) is 2.44. The van der Waals surface area contributed by atoms with Crippen LogP contribution in [0, 0.1) is 0 Å². The Morgan fingerprint density at radius 1 is 1.42 bits per heavy atom. The van der Waals surface area contributed by atoms with Crippen LogP contribution in [-0.2, 0) is 11.8 Å². The Balaban J connectivity index is 1.93. The van der Waals surface area contributed by atoms with Crippen LogP contribution in [0.5, 0.6) is 0 Å². The molecule has 1 aromatic heterocycles. The van der Waals surface area contributed by atoms with E-state index in [1.807, 2.05) is 11.3 Å². The molecule has 1 aliphatic rings. The number of thiophene rings is 1. The predicted octanol–water partition coefficient (Wildman–Crippen LogP) is 5.42. The smallest absolute Gasteiger partial charge is 0.0525 e. The van der Waals surface area contributed by atoms with Crippen molar-refractivity contribution < 1.29 is 0 Å². The summed E-state index contributed by atoms with van der Waals surface area (Å²) in [6.45, 7) is 3.34. The molecule has 2 heterocycles. The van der Waals surface area contributed by atoms with E-state index in [4.69, 9.17) is 11.6 Å². The standard InChI is InChI=1S/C15H15BrClNS/c1-10-13-5-7-19-15(13)4-6-18(10)12-3-2-11(9-16)14(17)8-12/h2-3,5,7-8,10H,4,6,9H2,1H3. The van der Waals surface area contributed by atoms with Gasteiger partial charge in [0.1, 0.15) is 0 Å². The van der Waals surface area contributed by atoms with Gasteiger partial charge in [0.25, 0.3) is 0 Å². The number of benzene rings is 1. The Kier molecular flexibility index (Phi) is 3.88. The zero-order valence-electron chi connectivity index (χ0n) is 10.7. The summed E-state index contributed by atoms with van der Waals surface area (Å²) < 4.78 is 0. The topological polar surface area (TPSA) is 3.24 Å². The van der Waals surface area contributed by atoms with E-state index in [0.29, 0.717) is 6.04 Å². The lowest BCUT2D eigenvalue weighted by atomic mass is 10.0. The van der Waals surface area contributed by atoms with Crippen LogP contribution in [-0.4, -0.2) is 6.54 Å². The fourth-order valence-corrected chi connectivity index (χ4v) is 4.54. The highest BCUT2D eigenvalue weighted by Crippen LogP contribution is 2.37. The number of fused-ring (bicyclic) bond motifs is 1.